The Hall–Kier alpha value is -2.75. The molecule has 0 spiro atoms. The van der Waals surface area contributed by atoms with Gasteiger partial charge in [-0.1, -0.05) is 12.0 Å². The average Bonchev–Trinajstić information content (AvgIpc) is 3.21. The Bertz CT molecular complexity index is 949. The molecule has 0 aromatic carbocycles. The lowest BCUT2D eigenvalue weighted by atomic mass is 9.95. The Morgan fingerprint density at radius 1 is 1.41 bits per heavy atom. The molecular weight excluding hydrogens is 396 g/mol. The molecule has 0 saturated carbocycles. The Balaban J connectivity index is 1.85. The van der Waals surface area contributed by atoms with Crippen LogP contribution in [0.25, 0.3) is 0 Å². The number of aryl methyl sites for hydroxylation is 2. The van der Waals surface area contributed by atoms with E-state index in [1.54, 1.807) is 6.92 Å². The summed E-state index contributed by atoms with van der Waals surface area (Å²) >= 11 is 1.38. The largest absolute Gasteiger partial charge is 0.459 e. The first-order chi connectivity index (χ1) is 13.8. The number of nitro groups is 1. The zero-order chi connectivity index (χ0) is 21.1. The van der Waals surface area contributed by atoms with Gasteiger partial charge in [0.25, 0.3) is 5.91 Å². The number of nitrogens with one attached hydrogen (secondary N) is 1. The van der Waals surface area contributed by atoms with Crippen molar-refractivity contribution in [1.82, 2.24) is 9.78 Å². The molecule has 1 atom stereocenters. The second kappa shape index (κ2) is 8.73. The second-order valence-corrected chi connectivity index (χ2v) is 8.25. The molecule has 156 valence electrons. The minimum atomic E-state index is -0.577. The molecule has 10 heteroatoms. The molecule has 0 aliphatic heterocycles. The third-order valence-corrected chi connectivity index (χ3v) is 6.08. The fourth-order valence-electron chi connectivity index (χ4n) is 3.29. The summed E-state index contributed by atoms with van der Waals surface area (Å²) in [4.78, 5) is 37.0. The summed E-state index contributed by atoms with van der Waals surface area (Å²) in [6.07, 6.45) is 4.14. The summed E-state index contributed by atoms with van der Waals surface area (Å²) in [6, 6.07) is 1.31. The van der Waals surface area contributed by atoms with Gasteiger partial charge in [-0.25, -0.2) is 4.79 Å². The lowest BCUT2D eigenvalue weighted by Gasteiger charge is -2.15. The molecule has 1 amide bonds. The number of rotatable bonds is 7. The fraction of sp³-hybridized carbons (Fsp3) is 0.526. The Morgan fingerprint density at radius 3 is 2.83 bits per heavy atom. The number of amides is 1. The molecule has 1 unspecified atom stereocenters. The first-order valence-corrected chi connectivity index (χ1v) is 10.5. The van der Waals surface area contributed by atoms with Crippen LogP contribution in [-0.4, -0.2) is 32.7 Å². The zero-order valence-electron chi connectivity index (χ0n) is 16.7. The van der Waals surface area contributed by atoms with Crippen molar-refractivity contribution < 1.29 is 19.2 Å². The lowest BCUT2D eigenvalue weighted by molar-refractivity contribution is -0.392. The summed E-state index contributed by atoms with van der Waals surface area (Å²) in [5.74, 6) is -1.16. The van der Waals surface area contributed by atoms with Crippen LogP contribution in [0.2, 0.25) is 0 Å². The lowest BCUT2D eigenvalue weighted by Crippen LogP contribution is -2.22. The van der Waals surface area contributed by atoms with E-state index < -0.39 is 16.8 Å². The first kappa shape index (κ1) is 21.0. The van der Waals surface area contributed by atoms with E-state index in [1.165, 1.54) is 17.4 Å². The predicted molar refractivity (Wildman–Crippen MR) is 108 cm³/mol. The molecule has 2 aromatic rings. The second-order valence-electron chi connectivity index (χ2n) is 7.15. The summed E-state index contributed by atoms with van der Waals surface area (Å²) in [7, 11) is 0. The van der Waals surface area contributed by atoms with Crippen molar-refractivity contribution in [2.24, 2.45) is 0 Å². The van der Waals surface area contributed by atoms with Gasteiger partial charge in [-0.05, 0) is 56.4 Å². The zero-order valence-corrected chi connectivity index (χ0v) is 17.5. The van der Waals surface area contributed by atoms with E-state index in [0.717, 1.165) is 40.8 Å². The number of aromatic nitrogens is 2. The van der Waals surface area contributed by atoms with Crippen LogP contribution in [0.5, 0.6) is 0 Å². The first-order valence-electron chi connectivity index (χ1n) is 9.64. The van der Waals surface area contributed by atoms with Crippen LogP contribution in [0.3, 0.4) is 0 Å². The van der Waals surface area contributed by atoms with Crippen molar-refractivity contribution in [1.29, 1.82) is 0 Å². The van der Waals surface area contributed by atoms with Crippen LogP contribution in [-0.2, 0) is 28.9 Å². The molecule has 1 aliphatic rings. The number of ether oxygens (including phenoxy) is 1. The number of carbonyl (C=O) groups excluding carboxylic acids is 2. The van der Waals surface area contributed by atoms with Crippen LogP contribution < -0.4 is 5.32 Å². The normalized spacial score (nSPS) is 14.2. The highest BCUT2D eigenvalue weighted by Crippen LogP contribution is 2.38. The molecule has 1 aliphatic carbocycles. The van der Waals surface area contributed by atoms with Crippen molar-refractivity contribution in [3.63, 3.8) is 0 Å². The van der Waals surface area contributed by atoms with Gasteiger partial charge in [0.1, 0.15) is 5.00 Å². The van der Waals surface area contributed by atoms with Crippen molar-refractivity contribution in [3.8, 4) is 0 Å². The van der Waals surface area contributed by atoms with Gasteiger partial charge in [0.15, 0.2) is 6.54 Å². The molecule has 9 nitrogen and oxygen atoms in total. The van der Waals surface area contributed by atoms with Crippen LogP contribution in [0.1, 0.15) is 59.6 Å². The average molecular weight is 420 g/mol. The van der Waals surface area contributed by atoms with Crippen molar-refractivity contribution in [3.05, 3.63) is 37.9 Å². The summed E-state index contributed by atoms with van der Waals surface area (Å²) < 4.78 is 6.56. The third-order valence-electron chi connectivity index (χ3n) is 4.87. The summed E-state index contributed by atoms with van der Waals surface area (Å²) in [6.45, 7) is 5.07. The Kier molecular flexibility index (Phi) is 6.31. The number of hydrogen-bond donors (Lipinski definition) is 1. The van der Waals surface area contributed by atoms with Crippen molar-refractivity contribution in [2.75, 3.05) is 5.32 Å². The molecular formula is C19H24N4O5S. The molecule has 0 radical (unpaired) electrons. The minimum Gasteiger partial charge on any atom is -0.459 e. The molecule has 0 bridgehead atoms. The number of thiophene rings is 1. The third kappa shape index (κ3) is 4.64. The SMILES string of the molecule is CCC(C)OC(=O)c1c(NC(=O)Cn2nc(C)cc2[N+](=O)[O-])sc2c1CCCC2. The van der Waals surface area contributed by atoms with Gasteiger partial charge in [-0.15, -0.1) is 16.0 Å². The molecule has 2 heterocycles. The Morgan fingerprint density at radius 2 is 2.14 bits per heavy atom. The number of esters is 1. The number of nitrogens with zero attached hydrogens (tertiary/aromatic N) is 3. The molecule has 0 saturated heterocycles. The van der Waals surface area contributed by atoms with Crippen molar-refractivity contribution in [2.45, 2.75) is 65.5 Å². The fourth-order valence-corrected chi connectivity index (χ4v) is 4.59. The molecule has 29 heavy (non-hydrogen) atoms. The van der Waals surface area contributed by atoms with Crippen LogP contribution in [0, 0.1) is 17.0 Å². The van der Waals surface area contributed by atoms with Gasteiger partial charge < -0.3 is 20.2 Å². The predicted octanol–water partition coefficient (Wildman–Crippen LogP) is 3.63. The smallest absolute Gasteiger partial charge is 0.345 e. The van der Waals surface area contributed by atoms with Crippen LogP contribution >= 0.6 is 11.3 Å². The molecule has 0 fully saturated rings. The van der Waals surface area contributed by atoms with Gasteiger partial charge in [-0.3, -0.25) is 4.79 Å². The minimum absolute atomic E-state index is 0.222. The number of hydrogen-bond acceptors (Lipinski definition) is 7. The van der Waals surface area contributed by atoms with E-state index >= 15 is 0 Å². The Labute approximate surface area is 172 Å². The van der Waals surface area contributed by atoms with E-state index in [4.69, 9.17) is 4.74 Å². The van der Waals surface area contributed by atoms with E-state index in [0.29, 0.717) is 22.7 Å². The molecule has 3 rings (SSSR count). The van der Waals surface area contributed by atoms with Gasteiger partial charge in [0.05, 0.1) is 23.4 Å². The number of carbonyl (C=O) groups is 2. The highest BCUT2D eigenvalue weighted by molar-refractivity contribution is 7.17. The maximum atomic E-state index is 12.8. The van der Waals surface area contributed by atoms with Gasteiger partial charge in [0.2, 0.25) is 0 Å². The number of anilines is 1. The number of fused-ring (bicyclic) bond motifs is 1. The maximum Gasteiger partial charge on any atom is 0.345 e. The quantitative estimate of drug-likeness (QED) is 0.415. The highest BCUT2D eigenvalue weighted by Gasteiger charge is 2.29. The van der Waals surface area contributed by atoms with Crippen LogP contribution in [0.4, 0.5) is 10.8 Å². The molecule has 1 N–H and O–H groups in total. The van der Waals surface area contributed by atoms with Gasteiger partial charge >= 0.3 is 11.8 Å². The maximum absolute atomic E-state index is 12.8. The van der Waals surface area contributed by atoms with Gasteiger partial charge in [0, 0.05) is 4.88 Å². The topological polar surface area (TPSA) is 116 Å². The van der Waals surface area contributed by atoms with Crippen molar-refractivity contribution >= 4 is 34.0 Å². The summed E-state index contributed by atoms with van der Waals surface area (Å²) in [5.41, 5.74) is 1.82. The molecule has 2 aromatic heterocycles. The highest BCUT2D eigenvalue weighted by atomic mass is 32.1. The standard InChI is InChI=1S/C19H24N4O5S/c1-4-12(3)28-19(25)17-13-7-5-6-8-14(13)29-18(17)20-15(24)10-22-16(23(26)27)9-11(2)21-22/h9,12H,4-8,10H2,1-3H3,(H,20,24). The van der Waals surface area contributed by atoms with E-state index in [9.17, 15) is 19.7 Å². The van der Waals surface area contributed by atoms with E-state index in [1.807, 2.05) is 13.8 Å². The van der Waals surface area contributed by atoms with E-state index in [-0.39, 0.29) is 18.5 Å². The summed E-state index contributed by atoms with van der Waals surface area (Å²) in [5, 5.41) is 18.4. The van der Waals surface area contributed by atoms with E-state index in [2.05, 4.69) is 10.4 Å². The monoisotopic (exact) mass is 420 g/mol. The van der Waals surface area contributed by atoms with Gasteiger partial charge in [-0.2, -0.15) is 0 Å². The van der Waals surface area contributed by atoms with Crippen LogP contribution in [0.15, 0.2) is 6.07 Å².